The van der Waals surface area contributed by atoms with Crippen molar-refractivity contribution in [3.05, 3.63) is 36.5 Å². The molecule has 0 spiro atoms. The molecule has 2 aromatic rings. The summed E-state index contributed by atoms with van der Waals surface area (Å²) in [4.78, 5) is 15.5. The molecule has 1 aliphatic rings. The normalized spacial score (nSPS) is 22.8. The summed E-state index contributed by atoms with van der Waals surface area (Å²) in [6, 6.07) is 9.62. The highest BCUT2D eigenvalue weighted by Gasteiger charge is 2.41. The van der Waals surface area contributed by atoms with E-state index in [4.69, 9.17) is 9.47 Å². The van der Waals surface area contributed by atoms with Crippen molar-refractivity contribution < 1.29 is 14.3 Å². The fourth-order valence-electron chi connectivity index (χ4n) is 2.15. The Balaban J connectivity index is 1.81. The van der Waals surface area contributed by atoms with E-state index in [1.807, 2.05) is 30.3 Å². The topological polar surface area (TPSA) is 48.4 Å². The van der Waals surface area contributed by atoms with Crippen molar-refractivity contribution in [3.63, 3.8) is 0 Å². The molecule has 1 aromatic carbocycles. The van der Waals surface area contributed by atoms with Crippen molar-refractivity contribution >= 4 is 16.7 Å². The molecule has 0 bridgehead atoms. The van der Waals surface area contributed by atoms with Gasteiger partial charge in [-0.1, -0.05) is 6.07 Å². The van der Waals surface area contributed by atoms with Crippen LogP contribution in [0.3, 0.4) is 0 Å². The first kappa shape index (κ1) is 11.2. The Morgan fingerprint density at radius 2 is 2.22 bits per heavy atom. The number of pyridine rings is 1. The van der Waals surface area contributed by atoms with Crippen LogP contribution < -0.4 is 4.74 Å². The molecule has 4 nitrogen and oxygen atoms in total. The Hall–Kier alpha value is -1.94. The number of ether oxygens (including phenoxy) is 2. The SMILES string of the molecule is COC1C(=O)CC1Oc1ccc2cccnc2c1. The summed E-state index contributed by atoms with van der Waals surface area (Å²) < 4.78 is 10.8. The molecule has 2 atom stereocenters. The fourth-order valence-corrected chi connectivity index (χ4v) is 2.15. The second-order valence-corrected chi connectivity index (χ2v) is 4.34. The number of hydrogen-bond acceptors (Lipinski definition) is 4. The molecule has 0 N–H and O–H groups in total. The number of methoxy groups -OCH3 is 1. The van der Waals surface area contributed by atoms with E-state index in [0.29, 0.717) is 6.42 Å². The highest BCUT2D eigenvalue weighted by Crippen LogP contribution is 2.27. The highest BCUT2D eigenvalue weighted by molar-refractivity contribution is 5.90. The third-order valence-corrected chi connectivity index (χ3v) is 3.18. The minimum Gasteiger partial charge on any atom is -0.487 e. The van der Waals surface area contributed by atoms with Gasteiger partial charge < -0.3 is 9.47 Å². The number of rotatable bonds is 3. The number of carbonyl (C=O) groups is 1. The molecule has 1 saturated carbocycles. The molecule has 0 saturated heterocycles. The maximum Gasteiger partial charge on any atom is 0.169 e. The van der Waals surface area contributed by atoms with Gasteiger partial charge in [-0.3, -0.25) is 9.78 Å². The molecule has 92 valence electrons. The van der Waals surface area contributed by atoms with Gasteiger partial charge in [0.1, 0.15) is 11.9 Å². The smallest absolute Gasteiger partial charge is 0.169 e. The quantitative estimate of drug-likeness (QED) is 0.827. The van der Waals surface area contributed by atoms with Gasteiger partial charge in [-0.2, -0.15) is 0 Å². The largest absolute Gasteiger partial charge is 0.487 e. The Kier molecular flexibility index (Phi) is 2.72. The van der Waals surface area contributed by atoms with Crippen molar-refractivity contribution in [2.75, 3.05) is 7.11 Å². The second-order valence-electron chi connectivity index (χ2n) is 4.34. The van der Waals surface area contributed by atoms with Crippen molar-refractivity contribution in [1.29, 1.82) is 0 Å². The van der Waals surface area contributed by atoms with Crippen LogP contribution in [0.5, 0.6) is 5.75 Å². The lowest BCUT2D eigenvalue weighted by molar-refractivity contribution is -0.150. The lowest BCUT2D eigenvalue weighted by atomic mass is 9.90. The van der Waals surface area contributed by atoms with Gasteiger partial charge in [0.15, 0.2) is 11.9 Å². The van der Waals surface area contributed by atoms with Crippen LogP contribution in [0.2, 0.25) is 0 Å². The molecule has 1 fully saturated rings. The predicted octanol–water partition coefficient (Wildman–Crippen LogP) is 1.97. The molecule has 0 amide bonds. The number of fused-ring (bicyclic) bond motifs is 1. The first-order valence-corrected chi connectivity index (χ1v) is 5.85. The number of Topliss-reactive ketones (excluding diaryl/α,β-unsaturated/α-hetero) is 1. The van der Waals surface area contributed by atoms with Crippen LogP contribution in [0.25, 0.3) is 10.9 Å². The third kappa shape index (κ3) is 1.84. The minimum atomic E-state index is -0.426. The first-order chi connectivity index (χ1) is 8.78. The van der Waals surface area contributed by atoms with Gasteiger partial charge in [-0.25, -0.2) is 0 Å². The Bertz CT molecular complexity index is 596. The summed E-state index contributed by atoms with van der Waals surface area (Å²) in [6.45, 7) is 0. The lowest BCUT2D eigenvalue weighted by Crippen LogP contribution is -2.51. The van der Waals surface area contributed by atoms with Gasteiger partial charge in [0.2, 0.25) is 0 Å². The van der Waals surface area contributed by atoms with Crippen LogP contribution in [-0.4, -0.2) is 30.1 Å². The van der Waals surface area contributed by atoms with E-state index in [-0.39, 0.29) is 11.9 Å². The van der Waals surface area contributed by atoms with Gasteiger partial charge in [0.25, 0.3) is 0 Å². The molecule has 3 rings (SSSR count). The number of benzene rings is 1. The van der Waals surface area contributed by atoms with Crippen molar-refractivity contribution in [2.24, 2.45) is 0 Å². The maximum atomic E-state index is 11.3. The summed E-state index contributed by atoms with van der Waals surface area (Å²) >= 11 is 0. The monoisotopic (exact) mass is 243 g/mol. The number of hydrogen-bond donors (Lipinski definition) is 0. The van der Waals surface area contributed by atoms with Gasteiger partial charge in [0.05, 0.1) is 5.52 Å². The standard InChI is InChI=1S/C14H13NO3/c1-17-14-12(16)8-13(14)18-10-5-4-9-3-2-6-15-11(9)7-10/h2-7,13-14H,8H2,1H3. The van der Waals surface area contributed by atoms with Gasteiger partial charge in [0, 0.05) is 31.2 Å². The summed E-state index contributed by atoms with van der Waals surface area (Å²) in [7, 11) is 1.53. The zero-order valence-electron chi connectivity index (χ0n) is 10.00. The Labute approximate surface area is 105 Å². The number of ketones is 1. The Morgan fingerprint density at radius 3 is 3.00 bits per heavy atom. The van der Waals surface area contributed by atoms with Gasteiger partial charge >= 0.3 is 0 Å². The van der Waals surface area contributed by atoms with E-state index in [1.165, 1.54) is 7.11 Å². The third-order valence-electron chi connectivity index (χ3n) is 3.18. The van der Waals surface area contributed by atoms with E-state index < -0.39 is 6.10 Å². The van der Waals surface area contributed by atoms with E-state index in [2.05, 4.69) is 4.98 Å². The molecule has 0 aliphatic heterocycles. The van der Waals surface area contributed by atoms with E-state index in [1.54, 1.807) is 6.20 Å². The molecule has 1 aliphatic carbocycles. The highest BCUT2D eigenvalue weighted by atomic mass is 16.5. The van der Waals surface area contributed by atoms with E-state index >= 15 is 0 Å². The van der Waals surface area contributed by atoms with Crippen molar-refractivity contribution in [1.82, 2.24) is 4.98 Å². The van der Waals surface area contributed by atoms with Crippen LogP contribution in [-0.2, 0) is 9.53 Å². The number of aromatic nitrogens is 1. The lowest BCUT2D eigenvalue weighted by Gasteiger charge is -2.33. The number of carbonyl (C=O) groups excluding carboxylic acids is 1. The minimum absolute atomic E-state index is 0.0985. The summed E-state index contributed by atoms with van der Waals surface area (Å²) in [6.07, 6.45) is 1.56. The van der Waals surface area contributed by atoms with Crippen LogP contribution in [0.15, 0.2) is 36.5 Å². The molecule has 4 heteroatoms. The zero-order valence-corrected chi connectivity index (χ0v) is 10.00. The van der Waals surface area contributed by atoms with Gasteiger partial charge in [-0.05, 0) is 18.2 Å². The Morgan fingerprint density at radius 1 is 1.33 bits per heavy atom. The summed E-state index contributed by atoms with van der Waals surface area (Å²) in [5, 5.41) is 1.07. The average molecular weight is 243 g/mol. The molecule has 2 unspecified atom stereocenters. The molecule has 0 radical (unpaired) electrons. The van der Waals surface area contributed by atoms with E-state index in [0.717, 1.165) is 16.7 Å². The van der Waals surface area contributed by atoms with Crippen LogP contribution in [0.4, 0.5) is 0 Å². The zero-order chi connectivity index (χ0) is 12.5. The average Bonchev–Trinajstić information content (AvgIpc) is 2.38. The van der Waals surface area contributed by atoms with E-state index in [9.17, 15) is 4.79 Å². The van der Waals surface area contributed by atoms with Gasteiger partial charge in [-0.15, -0.1) is 0 Å². The molecular formula is C14H13NO3. The molecule has 1 heterocycles. The first-order valence-electron chi connectivity index (χ1n) is 5.85. The fraction of sp³-hybridized carbons (Fsp3) is 0.286. The maximum absolute atomic E-state index is 11.3. The van der Waals surface area contributed by atoms with Crippen LogP contribution in [0, 0.1) is 0 Å². The van der Waals surface area contributed by atoms with Crippen LogP contribution >= 0.6 is 0 Å². The summed E-state index contributed by atoms with van der Waals surface area (Å²) in [5.41, 5.74) is 0.884. The van der Waals surface area contributed by atoms with Crippen molar-refractivity contribution in [2.45, 2.75) is 18.6 Å². The molecule has 1 aromatic heterocycles. The van der Waals surface area contributed by atoms with Crippen LogP contribution in [0.1, 0.15) is 6.42 Å². The second kappa shape index (κ2) is 4.38. The predicted molar refractivity (Wildman–Crippen MR) is 66.6 cm³/mol. The van der Waals surface area contributed by atoms with Crippen molar-refractivity contribution in [3.8, 4) is 5.75 Å². The molecular weight excluding hydrogens is 230 g/mol. The molecule has 18 heavy (non-hydrogen) atoms. The summed E-state index contributed by atoms with van der Waals surface area (Å²) in [5.74, 6) is 0.821. The number of nitrogens with zero attached hydrogens (tertiary/aromatic N) is 1.